The summed E-state index contributed by atoms with van der Waals surface area (Å²) in [7, 11) is 3.29. The summed E-state index contributed by atoms with van der Waals surface area (Å²) in [4.78, 5) is 23.2. The van der Waals surface area contributed by atoms with Crippen molar-refractivity contribution in [2.45, 2.75) is 64.3 Å². The van der Waals surface area contributed by atoms with E-state index in [1.807, 2.05) is 20.8 Å². The molecule has 1 saturated heterocycles. The number of ether oxygens (including phenoxy) is 4. The molecule has 1 fully saturated rings. The van der Waals surface area contributed by atoms with Gasteiger partial charge in [0, 0.05) is 19.5 Å². The van der Waals surface area contributed by atoms with Crippen molar-refractivity contribution in [3.05, 3.63) is 0 Å². The van der Waals surface area contributed by atoms with Crippen LogP contribution in [-0.2, 0) is 28.5 Å². The SMILES string of the molecule is CC.CCC#CCNC(=O)COCCOC1CCC(OCCOCC(=O)NCCNCCC)SS1. The lowest BCUT2D eigenvalue weighted by molar-refractivity contribution is -0.127. The van der Waals surface area contributed by atoms with Crippen LogP contribution in [0.25, 0.3) is 0 Å². The molecule has 0 aromatic carbocycles. The second-order valence-corrected chi connectivity index (χ2v) is 9.65. The van der Waals surface area contributed by atoms with E-state index in [9.17, 15) is 9.59 Å². The summed E-state index contributed by atoms with van der Waals surface area (Å²) in [5.74, 6) is 5.45. The molecule has 9 nitrogen and oxygen atoms in total. The minimum absolute atomic E-state index is 0.0134. The van der Waals surface area contributed by atoms with Crippen molar-refractivity contribution in [3.8, 4) is 11.8 Å². The van der Waals surface area contributed by atoms with Crippen LogP contribution in [-0.4, -0.2) is 88.5 Å². The third-order valence-electron chi connectivity index (χ3n) is 4.16. The van der Waals surface area contributed by atoms with E-state index in [0.717, 1.165) is 38.8 Å². The maximum Gasteiger partial charge on any atom is 0.246 e. The van der Waals surface area contributed by atoms with Gasteiger partial charge in [0.25, 0.3) is 0 Å². The molecule has 0 aliphatic carbocycles. The Morgan fingerprint density at radius 1 is 0.800 bits per heavy atom. The van der Waals surface area contributed by atoms with Crippen molar-refractivity contribution >= 4 is 33.4 Å². The lowest BCUT2D eigenvalue weighted by Gasteiger charge is -2.27. The summed E-state index contributed by atoms with van der Waals surface area (Å²) in [5, 5.41) is 8.71. The third-order valence-corrected chi connectivity index (χ3v) is 7.07. The Morgan fingerprint density at radius 3 is 1.89 bits per heavy atom. The zero-order valence-corrected chi connectivity index (χ0v) is 23.5. The monoisotopic (exact) mass is 535 g/mol. The fourth-order valence-electron chi connectivity index (χ4n) is 2.55. The fraction of sp³-hybridized carbons (Fsp3) is 0.833. The topological polar surface area (TPSA) is 107 Å². The zero-order valence-electron chi connectivity index (χ0n) is 21.8. The molecule has 35 heavy (non-hydrogen) atoms. The highest BCUT2D eigenvalue weighted by molar-refractivity contribution is 8.77. The first kappa shape index (κ1) is 34.0. The molecular formula is C24H45N3O6S2. The van der Waals surface area contributed by atoms with Crippen molar-refractivity contribution < 1.29 is 28.5 Å². The first-order chi connectivity index (χ1) is 17.2. The standard InChI is InChI=1S/C22H39N3O6S2.C2H6/c1-3-5-6-10-24-19(26)17-28-13-15-30-21-7-8-22(33-32-21)31-16-14-29-18-20(27)25-12-11-23-9-4-2;1-2/h21-23H,3-4,7-18H2,1-2H3,(H,24,26)(H,25,27);1-2H3. The summed E-state index contributed by atoms with van der Waals surface area (Å²) in [6.45, 7) is 12.5. The summed E-state index contributed by atoms with van der Waals surface area (Å²) in [5.41, 5.74) is 0.177. The molecule has 1 aliphatic heterocycles. The van der Waals surface area contributed by atoms with E-state index in [-0.39, 0.29) is 35.9 Å². The van der Waals surface area contributed by atoms with Gasteiger partial charge in [-0.25, -0.2) is 0 Å². The Hall–Kier alpha value is -1.00. The second kappa shape index (κ2) is 26.1. The van der Waals surface area contributed by atoms with Crippen molar-refractivity contribution in [2.75, 3.05) is 65.8 Å². The van der Waals surface area contributed by atoms with Crippen LogP contribution >= 0.6 is 21.6 Å². The number of rotatable bonds is 18. The van der Waals surface area contributed by atoms with E-state index >= 15 is 0 Å². The van der Waals surface area contributed by atoms with Crippen LogP contribution in [0.4, 0.5) is 0 Å². The Morgan fingerprint density at radius 2 is 1.37 bits per heavy atom. The van der Waals surface area contributed by atoms with Crippen LogP contribution in [0.5, 0.6) is 0 Å². The average molecular weight is 536 g/mol. The molecule has 1 heterocycles. The van der Waals surface area contributed by atoms with Gasteiger partial charge in [0.15, 0.2) is 0 Å². The predicted molar refractivity (Wildman–Crippen MR) is 144 cm³/mol. The number of carbonyl (C=O) groups excluding carboxylic acids is 2. The number of hydrogen-bond donors (Lipinski definition) is 3. The average Bonchev–Trinajstić information content (AvgIpc) is 2.88. The number of carbonyl (C=O) groups is 2. The Bertz CT molecular complexity index is 581. The molecule has 0 aromatic rings. The Labute approximate surface area is 219 Å². The van der Waals surface area contributed by atoms with Gasteiger partial charge >= 0.3 is 0 Å². The molecule has 11 heteroatoms. The van der Waals surface area contributed by atoms with Gasteiger partial charge < -0.3 is 34.9 Å². The van der Waals surface area contributed by atoms with Crippen molar-refractivity contribution in [1.29, 1.82) is 0 Å². The van der Waals surface area contributed by atoms with Crippen LogP contribution < -0.4 is 16.0 Å². The van der Waals surface area contributed by atoms with Crippen molar-refractivity contribution in [1.82, 2.24) is 16.0 Å². The van der Waals surface area contributed by atoms with Crippen molar-refractivity contribution in [2.24, 2.45) is 0 Å². The lowest BCUT2D eigenvalue weighted by Crippen LogP contribution is -2.34. The van der Waals surface area contributed by atoms with E-state index < -0.39 is 0 Å². The third kappa shape index (κ3) is 22.0. The van der Waals surface area contributed by atoms with Gasteiger partial charge in [0.2, 0.25) is 11.8 Å². The lowest BCUT2D eigenvalue weighted by atomic mass is 10.3. The van der Waals surface area contributed by atoms with E-state index in [4.69, 9.17) is 18.9 Å². The maximum atomic E-state index is 11.6. The molecule has 3 N–H and O–H groups in total. The summed E-state index contributed by atoms with van der Waals surface area (Å²) < 4.78 is 22.3. The second-order valence-electron chi connectivity index (χ2n) is 7.06. The smallest absolute Gasteiger partial charge is 0.246 e. The van der Waals surface area contributed by atoms with Crippen LogP contribution in [0.1, 0.15) is 53.4 Å². The first-order valence-electron chi connectivity index (χ1n) is 12.6. The minimum atomic E-state index is -0.174. The highest BCUT2D eigenvalue weighted by atomic mass is 33.1. The van der Waals surface area contributed by atoms with E-state index in [1.54, 1.807) is 21.6 Å². The van der Waals surface area contributed by atoms with Crippen LogP contribution in [0.3, 0.4) is 0 Å². The van der Waals surface area contributed by atoms with Crippen LogP contribution in [0.15, 0.2) is 0 Å². The quantitative estimate of drug-likeness (QED) is 0.139. The molecule has 204 valence electrons. The van der Waals surface area contributed by atoms with Gasteiger partial charge in [-0.3, -0.25) is 9.59 Å². The van der Waals surface area contributed by atoms with Crippen LogP contribution in [0, 0.1) is 11.8 Å². The van der Waals surface area contributed by atoms with E-state index in [1.165, 1.54) is 0 Å². The van der Waals surface area contributed by atoms with E-state index in [0.29, 0.717) is 39.5 Å². The summed E-state index contributed by atoms with van der Waals surface area (Å²) >= 11 is 0. The Kier molecular flexibility index (Phi) is 25.3. The molecular weight excluding hydrogens is 490 g/mol. The van der Waals surface area contributed by atoms with Gasteiger partial charge in [0.05, 0.1) is 33.0 Å². The van der Waals surface area contributed by atoms with Gasteiger partial charge in [-0.2, -0.15) is 0 Å². The van der Waals surface area contributed by atoms with Gasteiger partial charge in [-0.05, 0) is 25.8 Å². The minimum Gasteiger partial charge on any atom is -0.369 e. The highest BCUT2D eigenvalue weighted by Gasteiger charge is 2.23. The molecule has 0 aromatic heterocycles. The molecule has 0 radical (unpaired) electrons. The normalized spacial score (nSPS) is 16.9. The summed E-state index contributed by atoms with van der Waals surface area (Å²) in [6.07, 6.45) is 3.62. The van der Waals surface area contributed by atoms with Gasteiger partial charge in [0.1, 0.15) is 24.1 Å². The molecule has 2 atom stereocenters. The van der Waals surface area contributed by atoms with Crippen molar-refractivity contribution in [3.63, 3.8) is 0 Å². The molecule has 2 amide bonds. The molecule has 1 rings (SSSR count). The largest absolute Gasteiger partial charge is 0.369 e. The Balaban J connectivity index is 0.00000562. The number of hydrogen-bond acceptors (Lipinski definition) is 9. The highest BCUT2D eigenvalue weighted by Crippen LogP contribution is 2.41. The molecule has 0 spiro atoms. The summed E-state index contributed by atoms with van der Waals surface area (Å²) in [6, 6.07) is 0. The van der Waals surface area contributed by atoms with Gasteiger partial charge in [-0.1, -0.05) is 55.2 Å². The molecule has 2 unspecified atom stereocenters. The molecule has 0 saturated carbocycles. The van der Waals surface area contributed by atoms with Crippen LogP contribution in [0.2, 0.25) is 0 Å². The number of amides is 2. The number of nitrogens with one attached hydrogen (secondary N) is 3. The molecule has 0 bridgehead atoms. The zero-order chi connectivity index (χ0) is 26.0. The van der Waals surface area contributed by atoms with Gasteiger partial charge in [-0.15, -0.1) is 5.92 Å². The molecule has 1 aliphatic rings. The maximum absolute atomic E-state index is 11.6. The van der Waals surface area contributed by atoms with E-state index in [2.05, 4.69) is 34.7 Å². The first-order valence-corrected chi connectivity index (χ1v) is 14.8. The fourth-order valence-corrected chi connectivity index (χ4v) is 5.22. The predicted octanol–water partition coefficient (Wildman–Crippen LogP) is 2.55.